The van der Waals surface area contributed by atoms with Gasteiger partial charge in [0.15, 0.2) is 28.5 Å². The van der Waals surface area contributed by atoms with Gasteiger partial charge in [-0.05, 0) is 110 Å². The van der Waals surface area contributed by atoms with Gasteiger partial charge >= 0.3 is 5.97 Å². The van der Waals surface area contributed by atoms with Crippen LogP contribution in [0.15, 0.2) is 100 Å². The number of carbonyl (C=O) groups excluding carboxylic acids is 4. The first-order valence-corrected chi connectivity index (χ1v) is 27.3. The number of aliphatic imine (C=N–C) groups is 1. The SMILES string of the molecule is CC(C)=CCCC1(C)C=Cc2c(c(CC=C(C)C)c3c(c2OC(=O)c2ccc(O[C@@H]4O[C@H](CO)[C@@H](O)[C@H](O)[C@H]4O)cc2)C2=C4C(C5CC(C(C)C)C4(O3)C(O)(CC=C(C)C(=O)NCCO)C5=O)C3C(=O)c4ccccc4C3=N2)O1. The number of hydrogen-bond acceptors (Lipinski definition) is 16. The number of aliphatic hydroxyl groups is 6. The summed E-state index contributed by atoms with van der Waals surface area (Å²) >= 11 is 0. The number of fused-ring (bicyclic) bond motifs is 8. The molecule has 0 radical (unpaired) electrons. The predicted octanol–water partition coefficient (Wildman–Crippen LogP) is 6.33. The summed E-state index contributed by atoms with van der Waals surface area (Å²) in [5.74, 6) is -4.89. The standard InChI is InChI=1S/C62H70N2O15/c1-30(2)12-11-23-60(8)24-22-39-53(78-60)38(20-15-31(3)4)55-45(54(39)77-58(73)34-16-18-35(19-17-34)75-59-52(70)51(69)50(68)42(29-66)76-59)48-46-43(44-47(64-48)36-13-9-10-14-37(36)49(44)67)40-28-41(32(5)6)62(46,79-55)61(74,56(40)71)25-21-33(7)57(72)63-26-27-65/h9-10,12-19,21-22,24,32,40-44,50-52,59,65-66,68-70,74H,11,20,23,25-29H2,1-8H3,(H,63,72)/t40?,41?,42-,43?,44?,50-,51+,52-,59-,60?,61?,62?/m1/s1. The molecule has 11 rings (SSSR count). The summed E-state index contributed by atoms with van der Waals surface area (Å²) < 4.78 is 33.1. The largest absolute Gasteiger partial charge is 0.482 e. The third-order valence-corrected chi connectivity index (χ3v) is 16.9. The minimum atomic E-state index is -2.35. The Morgan fingerprint density at radius 1 is 0.899 bits per heavy atom. The summed E-state index contributed by atoms with van der Waals surface area (Å²) in [6.45, 7) is 14.6. The van der Waals surface area contributed by atoms with Crippen LogP contribution >= 0.6 is 0 Å². The van der Waals surface area contributed by atoms with Crippen LogP contribution in [0.25, 0.3) is 11.8 Å². The Hall–Kier alpha value is -6.57. The highest BCUT2D eigenvalue weighted by Crippen LogP contribution is 2.70. The minimum absolute atomic E-state index is 0.00713. The van der Waals surface area contributed by atoms with Crippen molar-refractivity contribution in [3.63, 3.8) is 0 Å². The van der Waals surface area contributed by atoms with Crippen molar-refractivity contribution in [2.75, 3.05) is 19.8 Å². The van der Waals surface area contributed by atoms with E-state index in [0.29, 0.717) is 57.8 Å². The molecule has 8 aliphatic rings. The Kier molecular flexibility index (Phi) is 14.9. The quantitative estimate of drug-likeness (QED) is 0.0358. The summed E-state index contributed by atoms with van der Waals surface area (Å²) in [4.78, 5) is 64.6. The van der Waals surface area contributed by atoms with Crippen molar-refractivity contribution in [3.8, 4) is 23.0 Å². The maximum Gasteiger partial charge on any atom is 0.343 e. The first kappa shape index (κ1) is 55.7. The Morgan fingerprint density at radius 2 is 1.61 bits per heavy atom. The molecule has 2 bridgehead atoms. The maximum atomic E-state index is 15.8. The van der Waals surface area contributed by atoms with Crippen LogP contribution in [0.2, 0.25) is 0 Å². The summed E-state index contributed by atoms with van der Waals surface area (Å²) in [7, 11) is 0. The normalized spacial score (nSPS) is 30.7. The first-order valence-electron chi connectivity index (χ1n) is 27.3. The number of esters is 1. The van der Waals surface area contributed by atoms with Crippen molar-refractivity contribution < 1.29 is 73.5 Å². The number of amides is 1. The summed E-state index contributed by atoms with van der Waals surface area (Å²) in [5, 5.41) is 67.2. The van der Waals surface area contributed by atoms with Crippen molar-refractivity contribution in [2.24, 2.45) is 34.6 Å². The lowest BCUT2D eigenvalue weighted by Crippen LogP contribution is -2.79. The molecule has 3 aromatic carbocycles. The molecule has 17 heteroatoms. The van der Waals surface area contributed by atoms with Gasteiger partial charge in [0, 0.05) is 58.6 Å². The van der Waals surface area contributed by atoms with E-state index in [1.165, 1.54) is 30.3 Å². The highest BCUT2D eigenvalue weighted by atomic mass is 16.7. The zero-order valence-electron chi connectivity index (χ0n) is 45.7. The van der Waals surface area contributed by atoms with Crippen LogP contribution in [-0.4, -0.2) is 127 Å². The van der Waals surface area contributed by atoms with Gasteiger partial charge in [-0.1, -0.05) is 67.5 Å². The molecular weight excluding hydrogens is 1010 g/mol. The molecule has 1 saturated heterocycles. The average molecular weight is 1080 g/mol. The Labute approximate surface area is 459 Å². The molecule has 3 saturated carbocycles. The van der Waals surface area contributed by atoms with Crippen LogP contribution < -0.4 is 24.3 Å². The monoisotopic (exact) mass is 1080 g/mol. The number of allylic oxidation sites excluding steroid dienone is 4. The lowest BCUT2D eigenvalue weighted by Gasteiger charge is -2.66. The van der Waals surface area contributed by atoms with Crippen LogP contribution in [0.1, 0.15) is 124 Å². The molecule has 7 N–H and O–H groups in total. The number of nitrogens with zero attached hydrogens (tertiary/aromatic N) is 1. The molecule has 4 aliphatic heterocycles. The van der Waals surface area contributed by atoms with Gasteiger partial charge in [0.25, 0.3) is 0 Å². The number of benzene rings is 3. The van der Waals surface area contributed by atoms with Gasteiger partial charge in [0.1, 0.15) is 47.3 Å². The number of carbonyl (C=O) groups is 4. The van der Waals surface area contributed by atoms with E-state index in [1.807, 2.05) is 78.8 Å². The average Bonchev–Trinajstić information content (AvgIpc) is 1.78. The Bertz CT molecular complexity index is 3190. The highest BCUT2D eigenvalue weighted by Gasteiger charge is 2.78. The van der Waals surface area contributed by atoms with Crippen molar-refractivity contribution >= 4 is 40.9 Å². The molecule has 4 fully saturated rings. The molecule has 1 amide bonds. The number of rotatable bonds is 16. The van der Waals surface area contributed by atoms with Gasteiger partial charge in [0.05, 0.1) is 47.2 Å². The van der Waals surface area contributed by atoms with E-state index in [2.05, 4.69) is 11.4 Å². The number of Topliss-reactive ketones (excluding diaryl/α,β-unsaturated/α-hetero) is 2. The molecule has 418 valence electrons. The fraction of sp³-hybridized carbons (Fsp3) is 0.468. The van der Waals surface area contributed by atoms with Gasteiger partial charge in [-0.3, -0.25) is 19.4 Å². The Balaban J connectivity index is 1.21. The van der Waals surface area contributed by atoms with E-state index in [0.717, 1.165) is 11.1 Å². The smallest absolute Gasteiger partial charge is 0.343 e. The van der Waals surface area contributed by atoms with Gasteiger partial charge < -0.3 is 59.6 Å². The fourth-order valence-electron chi connectivity index (χ4n) is 12.9. The van der Waals surface area contributed by atoms with Crippen molar-refractivity contribution in [1.82, 2.24) is 5.32 Å². The van der Waals surface area contributed by atoms with Gasteiger partial charge in [-0.2, -0.15) is 0 Å². The molecule has 1 spiro atoms. The second-order valence-corrected chi connectivity index (χ2v) is 23.0. The molecular formula is C62H70N2O15. The van der Waals surface area contributed by atoms with E-state index in [9.17, 15) is 45.0 Å². The van der Waals surface area contributed by atoms with Crippen LogP contribution in [-0.2, 0) is 20.7 Å². The number of nitrogens with one attached hydrogen (secondary N) is 1. The second-order valence-electron chi connectivity index (χ2n) is 23.0. The lowest BCUT2D eigenvalue weighted by atomic mass is 9.42. The Morgan fingerprint density at radius 3 is 2.28 bits per heavy atom. The summed E-state index contributed by atoms with van der Waals surface area (Å²) in [6.07, 6.45) is 3.23. The molecule has 3 aromatic rings. The third kappa shape index (κ3) is 9.20. The molecule has 4 aliphatic carbocycles. The second kappa shape index (κ2) is 21.2. The van der Waals surface area contributed by atoms with Crippen molar-refractivity contribution in [1.29, 1.82) is 0 Å². The molecule has 0 aromatic heterocycles. The molecule has 79 heavy (non-hydrogen) atoms. The summed E-state index contributed by atoms with van der Waals surface area (Å²) in [5.41, 5.74) is 0.661. The van der Waals surface area contributed by atoms with Gasteiger partial charge in [0.2, 0.25) is 12.2 Å². The van der Waals surface area contributed by atoms with E-state index in [1.54, 1.807) is 19.1 Å². The van der Waals surface area contributed by atoms with E-state index in [-0.39, 0.29) is 78.1 Å². The zero-order chi connectivity index (χ0) is 56.6. The molecule has 17 nitrogen and oxygen atoms in total. The van der Waals surface area contributed by atoms with E-state index in [4.69, 9.17) is 28.7 Å². The van der Waals surface area contributed by atoms with E-state index >= 15 is 4.79 Å². The van der Waals surface area contributed by atoms with Gasteiger partial charge in [-0.15, -0.1) is 0 Å². The van der Waals surface area contributed by atoms with Gasteiger partial charge in [-0.25, -0.2) is 4.79 Å². The molecule has 7 unspecified atom stereocenters. The molecule has 4 heterocycles. The lowest BCUT2D eigenvalue weighted by molar-refractivity contribution is -0.277. The van der Waals surface area contributed by atoms with Crippen LogP contribution in [0, 0.1) is 29.6 Å². The predicted molar refractivity (Wildman–Crippen MR) is 292 cm³/mol. The zero-order valence-corrected chi connectivity index (χ0v) is 45.7. The van der Waals surface area contributed by atoms with Crippen LogP contribution in [0.3, 0.4) is 0 Å². The number of ether oxygens (including phenoxy) is 5. The fourth-order valence-corrected chi connectivity index (χ4v) is 12.9. The van der Waals surface area contributed by atoms with Crippen molar-refractivity contribution in [3.05, 3.63) is 129 Å². The first-order chi connectivity index (χ1) is 37.6. The minimum Gasteiger partial charge on any atom is -0.482 e. The number of aliphatic hydroxyl groups excluding tert-OH is 5. The summed E-state index contributed by atoms with van der Waals surface area (Å²) in [6, 6.07) is 12.9. The van der Waals surface area contributed by atoms with Crippen LogP contribution in [0.4, 0.5) is 0 Å². The van der Waals surface area contributed by atoms with E-state index < -0.39 is 95.4 Å². The van der Waals surface area contributed by atoms with Crippen LogP contribution in [0.5, 0.6) is 23.0 Å². The maximum absolute atomic E-state index is 15.8. The molecule has 12 atom stereocenters. The number of ketones is 2. The highest BCUT2D eigenvalue weighted by molar-refractivity contribution is 6.31. The third-order valence-electron chi connectivity index (χ3n) is 16.9. The number of hydrogen-bond donors (Lipinski definition) is 7. The van der Waals surface area contributed by atoms with Crippen molar-refractivity contribution in [2.45, 2.75) is 135 Å². The topological polar surface area (TPSA) is 260 Å².